The second-order valence-corrected chi connectivity index (χ2v) is 6.47. The van der Waals surface area contributed by atoms with E-state index in [2.05, 4.69) is 23.2 Å². The quantitative estimate of drug-likeness (QED) is 0.594. The monoisotopic (exact) mass is 357 g/mol. The lowest BCUT2D eigenvalue weighted by molar-refractivity contribution is 0.306. The van der Waals surface area contributed by atoms with E-state index in [0.717, 1.165) is 35.6 Å². The molecule has 0 unspecified atom stereocenters. The van der Waals surface area contributed by atoms with Crippen LogP contribution >= 0.6 is 0 Å². The highest BCUT2D eigenvalue weighted by atomic mass is 19.1. The van der Waals surface area contributed by atoms with Gasteiger partial charge in [0.15, 0.2) is 0 Å². The molecule has 4 rings (SSSR count). The molecule has 0 aromatic heterocycles. The van der Waals surface area contributed by atoms with Gasteiger partial charge in [-0.2, -0.15) is 0 Å². The van der Waals surface area contributed by atoms with Crippen LogP contribution in [0.1, 0.15) is 22.3 Å². The van der Waals surface area contributed by atoms with Crippen LogP contribution in [0.5, 0.6) is 5.75 Å². The number of halogens is 1. The molecular weight excluding hydrogens is 337 g/mol. The molecule has 0 bridgehead atoms. The summed E-state index contributed by atoms with van der Waals surface area (Å²) in [4.78, 5) is 4.61. The highest BCUT2D eigenvalue weighted by Crippen LogP contribution is 2.24. The third kappa shape index (κ3) is 4.14. The molecule has 0 saturated heterocycles. The van der Waals surface area contributed by atoms with Crippen molar-refractivity contribution in [2.75, 3.05) is 6.54 Å². The molecule has 0 saturated carbocycles. The summed E-state index contributed by atoms with van der Waals surface area (Å²) < 4.78 is 19.7. The minimum absolute atomic E-state index is 0.227. The van der Waals surface area contributed by atoms with Gasteiger partial charge in [0.25, 0.3) is 0 Å². The molecule has 0 N–H and O–H groups in total. The first kappa shape index (κ1) is 17.2. The number of benzene rings is 3. The predicted molar refractivity (Wildman–Crippen MR) is 108 cm³/mol. The van der Waals surface area contributed by atoms with E-state index < -0.39 is 0 Å². The van der Waals surface area contributed by atoms with Crippen molar-refractivity contribution in [2.45, 2.75) is 13.0 Å². The van der Waals surface area contributed by atoms with Crippen molar-refractivity contribution in [3.05, 3.63) is 107 Å². The van der Waals surface area contributed by atoms with Crippen molar-refractivity contribution in [3.63, 3.8) is 0 Å². The van der Waals surface area contributed by atoms with Gasteiger partial charge in [-0.3, -0.25) is 4.99 Å². The maximum absolute atomic E-state index is 13.8. The number of fused-ring (bicyclic) bond motifs is 1. The van der Waals surface area contributed by atoms with Gasteiger partial charge in [0.05, 0.1) is 5.71 Å². The largest absolute Gasteiger partial charge is 0.489 e. The molecule has 134 valence electrons. The second-order valence-electron chi connectivity index (χ2n) is 6.47. The number of nitrogens with zero attached hydrogens (tertiary/aromatic N) is 1. The number of aliphatic imine (C=N–C) groups is 1. The molecule has 0 aliphatic carbocycles. The predicted octanol–water partition coefficient (Wildman–Crippen LogP) is 5.46. The minimum Gasteiger partial charge on any atom is -0.489 e. The highest BCUT2D eigenvalue weighted by molar-refractivity contribution is 6.12. The number of allylic oxidation sites excluding steroid dienone is 1. The number of hydrogen-bond acceptors (Lipinski definition) is 2. The summed E-state index contributed by atoms with van der Waals surface area (Å²) in [6, 6.07) is 23.0. The Kier molecular flexibility index (Phi) is 5.10. The summed E-state index contributed by atoms with van der Waals surface area (Å²) in [6.45, 7) is 1.28. The van der Waals surface area contributed by atoms with E-state index in [1.165, 1.54) is 11.6 Å². The van der Waals surface area contributed by atoms with Crippen molar-refractivity contribution in [2.24, 2.45) is 4.99 Å². The molecule has 1 aliphatic rings. The molecule has 0 radical (unpaired) electrons. The van der Waals surface area contributed by atoms with Gasteiger partial charge >= 0.3 is 0 Å². The van der Waals surface area contributed by atoms with Gasteiger partial charge in [-0.15, -0.1) is 0 Å². The molecule has 1 aliphatic heterocycles. The Morgan fingerprint density at radius 1 is 0.926 bits per heavy atom. The molecule has 0 spiro atoms. The Bertz CT molecular complexity index is 992. The van der Waals surface area contributed by atoms with Crippen LogP contribution in [0, 0.1) is 5.82 Å². The lowest BCUT2D eigenvalue weighted by Gasteiger charge is -2.16. The maximum Gasteiger partial charge on any atom is 0.130 e. The van der Waals surface area contributed by atoms with E-state index in [9.17, 15) is 4.39 Å². The maximum atomic E-state index is 13.8. The number of rotatable bonds is 5. The normalized spacial score (nSPS) is 13.3. The topological polar surface area (TPSA) is 21.6 Å². The molecular formula is C24H20FNO. The van der Waals surface area contributed by atoms with Crippen LogP contribution in [-0.2, 0) is 13.0 Å². The van der Waals surface area contributed by atoms with Gasteiger partial charge in [0.1, 0.15) is 18.2 Å². The molecule has 1 heterocycles. The lowest BCUT2D eigenvalue weighted by Crippen LogP contribution is -2.11. The summed E-state index contributed by atoms with van der Waals surface area (Å²) in [7, 11) is 0. The fourth-order valence-electron chi connectivity index (χ4n) is 3.16. The van der Waals surface area contributed by atoms with Crippen LogP contribution < -0.4 is 4.74 Å². The van der Waals surface area contributed by atoms with Gasteiger partial charge in [-0.05, 0) is 54.0 Å². The first-order valence-electron chi connectivity index (χ1n) is 9.07. The van der Waals surface area contributed by atoms with Crippen LogP contribution in [0.25, 0.3) is 6.08 Å². The van der Waals surface area contributed by atoms with Crippen LogP contribution in [-0.4, -0.2) is 12.3 Å². The van der Waals surface area contributed by atoms with Crippen molar-refractivity contribution < 1.29 is 9.13 Å². The summed E-state index contributed by atoms with van der Waals surface area (Å²) in [5.74, 6) is 0.631. The molecule has 3 heteroatoms. The summed E-state index contributed by atoms with van der Waals surface area (Å²) >= 11 is 0. The lowest BCUT2D eigenvalue weighted by atomic mass is 9.96. The highest BCUT2D eigenvalue weighted by Gasteiger charge is 2.13. The fourth-order valence-corrected chi connectivity index (χ4v) is 3.16. The van der Waals surface area contributed by atoms with Gasteiger partial charge in [-0.1, -0.05) is 48.5 Å². The van der Waals surface area contributed by atoms with Gasteiger partial charge in [0.2, 0.25) is 0 Å². The van der Waals surface area contributed by atoms with E-state index in [1.807, 2.05) is 42.5 Å². The Morgan fingerprint density at radius 3 is 2.59 bits per heavy atom. The molecule has 3 aromatic rings. The zero-order valence-electron chi connectivity index (χ0n) is 14.9. The average Bonchev–Trinajstić information content (AvgIpc) is 2.72. The molecule has 0 atom stereocenters. The SMILES string of the molecule is Fc1ccccc1/C=C/C1=NCCc2cc(OCc3ccccc3)ccc21. The van der Waals surface area contributed by atoms with Crippen molar-refractivity contribution in [1.82, 2.24) is 0 Å². The van der Waals surface area contributed by atoms with Crippen LogP contribution in [0.15, 0.2) is 83.9 Å². The van der Waals surface area contributed by atoms with Gasteiger partial charge in [0, 0.05) is 17.7 Å². The molecule has 27 heavy (non-hydrogen) atoms. The Morgan fingerprint density at radius 2 is 1.74 bits per heavy atom. The number of hydrogen-bond donors (Lipinski definition) is 0. The average molecular weight is 357 g/mol. The fraction of sp³-hybridized carbons (Fsp3) is 0.125. The molecule has 3 aromatic carbocycles. The van der Waals surface area contributed by atoms with Crippen LogP contribution in [0.4, 0.5) is 4.39 Å². The van der Waals surface area contributed by atoms with Crippen LogP contribution in [0.3, 0.4) is 0 Å². The summed E-state index contributed by atoms with van der Waals surface area (Å²) in [5.41, 5.74) is 4.89. The first-order valence-corrected chi connectivity index (χ1v) is 9.07. The third-order valence-corrected chi connectivity index (χ3v) is 4.59. The Labute approximate surface area is 158 Å². The summed E-state index contributed by atoms with van der Waals surface area (Å²) in [5, 5.41) is 0. The van der Waals surface area contributed by atoms with E-state index in [4.69, 9.17) is 4.74 Å². The first-order chi connectivity index (χ1) is 13.3. The van der Waals surface area contributed by atoms with Gasteiger partial charge < -0.3 is 4.74 Å². The van der Waals surface area contributed by atoms with Crippen molar-refractivity contribution in [1.29, 1.82) is 0 Å². The van der Waals surface area contributed by atoms with E-state index in [0.29, 0.717) is 12.2 Å². The standard InChI is InChI=1S/C24H20FNO/c25-23-9-5-4-8-19(23)10-13-24-22-12-11-21(16-20(22)14-15-26-24)27-17-18-6-2-1-3-7-18/h1-13,16H,14-15,17H2/b13-10+. The Balaban J connectivity index is 1.51. The van der Waals surface area contributed by atoms with E-state index in [-0.39, 0.29) is 5.82 Å². The second kappa shape index (κ2) is 8.00. The zero-order chi connectivity index (χ0) is 18.5. The molecule has 0 amide bonds. The van der Waals surface area contributed by atoms with Gasteiger partial charge in [-0.25, -0.2) is 4.39 Å². The van der Waals surface area contributed by atoms with E-state index >= 15 is 0 Å². The third-order valence-electron chi connectivity index (χ3n) is 4.59. The zero-order valence-corrected chi connectivity index (χ0v) is 14.9. The molecule has 2 nitrogen and oxygen atoms in total. The minimum atomic E-state index is -0.227. The summed E-state index contributed by atoms with van der Waals surface area (Å²) in [6.07, 6.45) is 4.55. The smallest absolute Gasteiger partial charge is 0.130 e. The van der Waals surface area contributed by atoms with Crippen molar-refractivity contribution >= 4 is 11.8 Å². The Hall–Kier alpha value is -3.20. The van der Waals surface area contributed by atoms with Crippen molar-refractivity contribution in [3.8, 4) is 5.75 Å². The molecule has 0 fully saturated rings. The number of ether oxygens (including phenoxy) is 1. The van der Waals surface area contributed by atoms with Crippen LogP contribution in [0.2, 0.25) is 0 Å². The van der Waals surface area contributed by atoms with E-state index in [1.54, 1.807) is 18.2 Å².